The zero-order chi connectivity index (χ0) is 16.4. The van der Waals surface area contributed by atoms with E-state index in [0.29, 0.717) is 18.7 Å². The monoisotopic (exact) mass is 327 g/mol. The van der Waals surface area contributed by atoms with Gasteiger partial charge >= 0.3 is 0 Å². The summed E-state index contributed by atoms with van der Waals surface area (Å²) in [4.78, 5) is 19.3. The van der Waals surface area contributed by atoms with Gasteiger partial charge in [0.15, 0.2) is 0 Å². The van der Waals surface area contributed by atoms with Gasteiger partial charge in [0.2, 0.25) is 0 Å². The molecular weight excluding hydrogens is 310 g/mol. The van der Waals surface area contributed by atoms with Crippen molar-refractivity contribution < 1.29 is 9.90 Å². The molecule has 118 valence electrons. The number of nitrogens with zero attached hydrogens (tertiary/aromatic N) is 3. The van der Waals surface area contributed by atoms with Crippen LogP contribution in [-0.4, -0.2) is 40.1 Å². The van der Waals surface area contributed by atoms with E-state index in [0.717, 1.165) is 6.42 Å². The predicted molar refractivity (Wildman–Crippen MR) is 87.3 cm³/mol. The van der Waals surface area contributed by atoms with Crippen LogP contribution < -0.4 is 0 Å². The highest BCUT2D eigenvalue weighted by Crippen LogP contribution is 2.34. The summed E-state index contributed by atoms with van der Waals surface area (Å²) >= 11 is 1.67. The molecule has 0 spiro atoms. The summed E-state index contributed by atoms with van der Waals surface area (Å²) in [6, 6.07) is 7.13. The molecule has 0 aliphatic carbocycles. The van der Waals surface area contributed by atoms with Gasteiger partial charge in [-0.3, -0.25) is 4.79 Å². The van der Waals surface area contributed by atoms with E-state index >= 15 is 0 Å². The minimum Gasteiger partial charge on any atom is -0.391 e. The van der Waals surface area contributed by atoms with Crippen molar-refractivity contribution in [2.75, 3.05) is 13.1 Å². The van der Waals surface area contributed by atoms with E-state index < -0.39 is 6.10 Å². The molecule has 1 amide bonds. The highest BCUT2D eigenvalue weighted by molar-refractivity contribution is 7.10. The molecule has 0 saturated carbocycles. The van der Waals surface area contributed by atoms with Gasteiger partial charge in [-0.15, -0.1) is 11.3 Å². The highest BCUT2D eigenvalue weighted by Gasteiger charge is 2.32. The van der Waals surface area contributed by atoms with Crippen LogP contribution in [0.3, 0.4) is 0 Å². The molecule has 0 radical (unpaired) electrons. The average Bonchev–Trinajstić information content (AvgIpc) is 3.00. The summed E-state index contributed by atoms with van der Waals surface area (Å²) < 4.78 is 0. The Bertz CT molecular complexity index is 748. The van der Waals surface area contributed by atoms with E-state index in [1.807, 2.05) is 11.4 Å². The normalized spacial score (nSPS) is 21.0. The van der Waals surface area contributed by atoms with Crippen molar-refractivity contribution in [1.82, 2.24) is 9.88 Å². The second-order valence-electron chi connectivity index (χ2n) is 5.73. The first-order chi connectivity index (χ1) is 11.1. The van der Waals surface area contributed by atoms with Crippen LogP contribution in [0.25, 0.3) is 0 Å². The molecule has 23 heavy (non-hydrogen) atoms. The van der Waals surface area contributed by atoms with E-state index in [2.05, 4.69) is 18.0 Å². The quantitative estimate of drug-likeness (QED) is 0.918. The number of likely N-dealkylation sites (tertiary alicyclic amines) is 1. The van der Waals surface area contributed by atoms with E-state index in [1.54, 1.807) is 22.3 Å². The van der Waals surface area contributed by atoms with Crippen molar-refractivity contribution in [3.63, 3.8) is 0 Å². The van der Waals surface area contributed by atoms with Crippen molar-refractivity contribution in [1.29, 1.82) is 5.26 Å². The predicted octanol–water partition coefficient (Wildman–Crippen LogP) is 2.31. The molecule has 1 aliphatic rings. The van der Waals surface area contributed by atoms with Crippen molar-refractivity contribution in [2.24, 2.45) is 0 Å². The molecule has 5 nitrogen and oxygen atoms in total. The standard InChI is InChI=1S/C17H17N3O2S/c1-11-5-7-23-16(11)14-4-6-20(10-15(14)21)17(22)12-2-3-13(8-18)19-9-12/h2-3,5,7,9,14-15,21H,4,6,10H2,1H3/t14-,15-/m1/s1. The zero-order valence-corrected chi connectivity index (χ0v) is 13.6. The molecule has 3 rings (SSSR count). The molecule has 2 aromatic rings. The summed E-state index contributed by atoms with van der Waals surface area (Å²) in [6.07, 6.45) is 1.61. The van der Waals surface area contributed by atoms with Gasteiger partial charge in [0.25, 0.3) is 5.91 Å². The number of nitriles is 1. The summed E-state index contributed by atoms with van der Waals surface area (Å²) in [5, 5.41) is 21.3. The number of hydrogen-bond donors (Lipinski definition) is 1. The number of aliphatic hydroxyl groups excluding tert-OH is 1. The second kappa shape index (κ2) is 6.49. The summed E-state index contributed by atoms with van der Waals surface area (Å²) in [6.45, 7) is 2.98. The van der Waals surface area contributed by atoms with Crippen LogP contribution in [0.5, 0.6) is 0 Å². The number of carbonyl (C=O) groups is 1. The molecule has 0 aromatic carbocycles. The first-order valence-electron chi connectivity index (χ1n) is 7.47. The lowest BCUT2D eigenvalue weighted by atomic mass is 9.90. The van der Waals surface area contributed by atoms with Gasteiger partial charge in [0, 0.05) is 30.1 Å². The van der Waals surface area contributed by atoms with E-state index in [1.165, 1.54) is 22.7 Å². The fourth-order valence-corrected chi connectivity index (χ4v) is 4.08. The fraction of sp³-hybridized carbons (Fsp3) is 0.353. The first kappa shape index (κ1) is 15.7. The minimum absolute atomic E-state index is 0.0955. The van der Waals surface area contributed by atoms with Gasteiger partial charge in [0.05, 0.1) is 11.7 Å². The third-order valence-electron chi connectivity index (χ3n) is 4.23. The molecule has 0 unspecified atom stereocenters. The molecule has 1 aliphatic heterocycles. The van der Waals surface area contributed by atoms with Crippen molar-refractivity contribution >= 4 is 17.2 Å². The number of piperidine rings is 1. The van der Waals surface area contributed by atoms with Crippen molar-refractivity contribution in [3.05, 3.63) is 51.5 Å². The third kappa shape index (κ3) is 3.11. The summed E-state index contributed by atoms with van der Waals surface area (Å²) in [5.41, 5.74) is 1.94. The van der Waals surface area contributed by atoms with Crippen LogP contribution >= 0.6 is 11.3 Å². The van der Waals surface area contributed by atoms with Gasteiger partial charge in [-0.2, -0.15) is 5.26 Å². The van der Waals surface area contributed by atoms with Crippen molar-refractivity contribution in [3.8, 4) is 6.07 Å². The number of hydrogen-bond acceptors (Lipinski definition) is 5. The lowest BCUT2D eigenvalue weighted by Crippen LogP contribution is -2.45. The Morgan fingerprint density at radius 1 is 1.48 bits per heavy atom. The Morgan fingerprint density at radius 2 is 2.30 bits per heavy atom. The van der Waals surface area contributed by atoms with Gasteiger partial charge in [0.1, 0.15) is 11.8 Å². The molecular formula is C17H17N3O2S. The van der Waals surface area contributed by atoms with Crippen LogP contribution in [0, 0.1) is 18.3 Å². The average molecular weight is 327 g/mol. The maximum atomic E-state index is 12.5. The number of aryl methyl sites for hydroxylation is 1. The van der Waals surface area contributed by atoms with Crippen molar-refractivity contribution in [2.45, 2.75) is 25.4 Å². The van der Waals surface area contributed by atoms with Gasteiger partial charge in [-0.25, -0.2) is 4.98 Å². The number of pyridine rings is 1. The van der Waals surface area contributed by atoms with Crippen LogP contribution in [0.1, 0.15) is 38.8 Å². The zero-order valence-electron chi connectivity index (χ0n) is 12.8. The number of aromatic nitrogens is 1. The minimum atomic E-state index is -0.559. The third-order valence-corrected chi connectivity index (χ3v) is 5.38. The molecule has 1 fully saturated rings. The maximum Gasteiger partial charge on any atom is 0.255 e. The molecule has 0 bridgehead atoms. The van der Waals surface area contributed by atoms with Crippen LogP contribution in [-0.2, 0) is 0 Å². The van der Waals surface area contributed by atoms with Crippen LogP contribution in [0.4, 0.5) is 0 Å². The molecule has 3 heterocycles. The highest BCUT2D eigenvalue weighted by atomic mass is 32.1. The summed E-state index contributed by atoms with van der Waals surface area (Å²) in [7, 11) is 0. The van der Waals surface area contributed by atoms with E-state index in [9.17, 15) is 9.90 Å². The Balaban J connectivity index is 1.70. The SMILES string of the molecule is Cc1ccsc1[C@@H]1CCN(C(=O)c2ccc(C#N)nc2)C[C@H]1O. The molecule has 1 saturated heterocycles. The van der Waals surface area contributed by atoms with E-state index in [4.69, 9.17) is 5.26 Å². The van der Waals surface area contributed by atoms with Gasteiger partial charge < -0.3 is 10.0 Å². The molecule has 6 heteroatoms. The number of amides is 1. The number of carbonyl (C=O) groups excluding carboxylic acids is 1. The smallest absolute Gasteiger partial charge is 0.255 e. The van der Waals surface area contributed by atoms with Gasteiger partial charge in [-0.1, -0.05) is 0 Å². The van der Waals surface area contributed by atoms with Gasteiger partial charge in [-0.05, 0) is 42.5 Å². The van der Waals surface area contributed by atoms with Crippen LogP contribution in [0.15, 0.2) is 29.8 Å². The largest absolute Gasteiger partial charge is 0.391 e. The summed E-state index contributed by atoms with van der Waals surface area (Å²) in [5.74, 6) is -0.0551. The molecule has 1 N–H and O–H groups in total. The first-order valence-corrected chi connectivity index (χ1v) is 8.35. The van der Waals surface area contributed by atoms with E-state index in [-0.39, 0.29) is 17.5 Å². The lowest BCUT2D eigenvalue weighted by molar-refractivity contribution is 0.0386. The Kier molecular flexibility index (Phi) is 4.42. The maximum absolute atomic E-state index is 12.5. The lowest BCUT2D eigenvalue weighted by Gasteiger charge is -2.36. The second-order valence-corrected chi connectivity index (χ2v) is 6.67. The number of rotatable bonds is 2. The number of aliphatic hydroxyl groups is 1. The number of β-amino-alcohol motifs (C(OH)–C–C–N with tert-alkyl or cyclic N) is 1. The fourth-order valence-electron chi connectivity index (χ4n) is 2.96. The molecule has 2 atom stereocenters. The number of thiophene rings is 1. The topological polar surface area (TPSA) is 77.2 Å². The Labute approximate surface area is 138 Å². The molecule has 2 aromatic heterocycles. The van der Waals surface area contributed by atoms with Crippen LogP contribution in [0.2, 0.25) is 0 Å². The Morgan fingerprint density at radius 3 is 2.87 bits per heavy atom. The Hall–Kier alpha value is -2.23.